The second kappa shape index (κ2) is 9.96. The lowest BCUT2D eigenvalue weighted by atomic mass is 9.93. The van der Waals surface area contributed by atoms with E-state index in [1.807, 2.05) is 30.4 Å². The van der Waals surface area contributed by atoms with E-state index in [2.05, 4.69) is 89.3 Å². The summed E-state index contributed by atoms with van der Waals surface area (Å²) in [5, 5.41) is 24.5. The molecule has 3 aliphatic rings. The summed E-state index contributed by atoms with van der Waals surface area (Å²) in [7, 11) is 0. The van der Waals surface area contributed by atoms with E-state index in [0.717, 1.165) is 69.7 Å². The van der Waals surface area contributed by atoms with Crippen molar-refractivity contribution in [2.45, 2.75) is 18.6 Å². The van der Waals surface area contributed by atoms with Crippen LogP contribution in [0.2, 0.25) is 0 Å². The zero-order valence-electron chi connectivity index (χ0n) is 21.1. The molecule has 40 heavy (non-hydrogen) atoms. The molecule has 2 atom stereocenters. The highest BCUT2D eigenvalue weighted by Gasteiger charge is 2.21. The summed E-state index contributed by atoms with van der Waals surface area (Å²) in [5.41, 5.74) is 6.49. The topological polar surface area (TPSA) is 100 Å². The highest BCUT2D eigenvalue weighted by atomic mass is 79.9. The zero-order valence-corrected chi connectivity index (χ0v) is 24.3. The van der Waals surface area contributed by atoms with Crippen LogP contribution in [-0.2, 0) is 0 Å². The van der Waals surface area contributed by atoms with Crippen LogP contribution in [0.15, 0.2) is 98.4 Å². The number of hydrogen-bond acceptors (Lipinski definition) is 3. The standard InChI is InChI=1S/C32H24Br2N4O2/c33-25-7-5-21(39)15-23(25)31-27-9-1-17(35-27)13-18-2-10-29(36-18)32(24-16-22(40)6-8-26(24)34)30-12-4-20(38-30)14-19-3-11-28(31)37-19/h1-15,17,22,36-40H,16H2/b18-13-,19-14-,31-28-,32-29?. The molecule has 0 amide bonds. The first kappa shape index (κ1) is 25.1. The molecule has 5 heterocycles. The number of aromatic hydroxyl groups is 1. The lowest BCUT2D eigenvalue weighted by molar-refractivity contribution is 0.223. The van der Waals surface area contributed by atoms with Crippen molar-refractivity contribution >= 4 is 60.9 Å². The summed E-state index contributed by atoms with van der Waals surface area (Å²) in [6.07, 6.45) is 11.9. The number of allylic oxidation sites excluding steroid dienone is 3. The fraction of sp³-hybridized carbons (Fsp3) is 0.0938. The molecule has 3 aromatic heterocycles. The molecule has 6 nitrogen and oxygen atoms in total. The van der Waals surface area contributed by atoms with Crippen LogP contribution in [0.3, 0.4) is 0 Å². The summed E-state index contributed by atoms with van der Waals surface area (Å²) in [5.74, 6) is 0.189. The minimum Gasteiger partial charge on any atom is -0.508 e. The second-order valence-corrected chi connectivity index (χ2v) is 11.7. The summed E-state index contributed by atoms with van der Waals surface area (Å²) in [4.78, 5) is 15.7. The van der Waals surface area contributed by atoms with Crippen molar-refractivity contribution in [3.63, 3.8) is 0 Å². The van der Waals surface area contributed by atoms with Crippen molar-refractivity contribution in [2.24, 2.45) is 4.99 Å². The quantitative estimate of drug-likeness (QED) is 0.228. The van der Waals surface area contributed by atoms with Crippen molar-refractivity contribution in [2.75, 3.05) is 0 Å². The number of benzene rings is 1. The second-order valence-electron chi connectivity index (χ2n) is 10.0. The first-order chi connectivity index (χ1) is 19.4. The molecule has 0 radical (unpaired) electrons. The lowest BCUT2D eigenvalue weighted by Crippen LogP contribution is -2.19. The Hall–Kier alpha value is -3.85. The average molecular weight is 656 g/mol. The van der Waals surface area contributed by atoms with Crippen LogP contribution in [0, 0.1) is 0 Å². The number of nitrogens with zero attached hydrogens (tertiary/aromatic N) is 1. The van der Waals surface area contributed by atoms with E-state index in [9.17, 15) is 10.2 Å². The van der Waals surface area contributed by atoms with Crippen LogP contribution in [-0.4, -0.2) is 43.0 Å². The monoisotopic (exact) mass is 654 g/mol. The van der Waals surface area contributed by atoms with Gasteiger partial charge >= 0.3 is 0 Å². The van der Waals surface area contributed by atoms with E-state index < -0.39 is 6.10 Å². The number of aliphatic hydroxyl groups is 1. The summed E-state index contributed by atoms with van der Waals surface area (Å²) < 4.78 is 1.82. The minimum atomic E-state index is -0.545. The molecule has 8 bridgehead atoms. The predicted molar refractivity (Wildman–Crippen MR) is 166 cm³/mol. The molecule has 198 valence electrons. The molecule has 0 saturated heterocycles. The third-order valence-electron chi connectivity index (χ3n) is 7.28. The molecule has 1 aromatic carbocycles. The highest BCUT2D eigenvalue weighted by Crippen LogP contribution is 2.33. The van der Waals surface area contributed by atoms with Crippen molar-refractivity contribution < 1.29 is 10.2 Å². The van der Waals surface area contributed by atoms with E-state index >= 15 is 0 Å². The number of aromatic nitrogens is 3. The number of H-pyrrole nitrogens is 3. The van der Waals surface area contributed by atoms with Crippen molar-refractivity contribution in [3.05, 3.63) is 132 Å². The number of phenolic OH excluding ortho intramolecular Hbond substituents is 1. The van der Waals surface area contributed by atoms with Gasteiger partial charge in [0.25, 0.3) is 0 Å². The maximum atomic E-state index is 10.4. The van der Waals surface area contributed by atoms with Gasteiger partial charge in [-0.1, -0.05) is 44.0 Å². The Kier molecular flexibility index (Phi) is 6.26. The van der Waals surface area contributed by atoms with Gasteiger partial charge in [-0.15, -0.1) is 0 Å². The van der Waals surface area contributed by atoms with Gasteiger partial charge in [-0.05, 0) is 84.5 Å². The molecule has 0 saturated carbocycles. The zero-order chi connectivity index (χ0) is 27.4. The first-order valence-electron chi connectivity index (χ1n) is 12.9. The molecule has 1 aliphatic carbocycles. The Bertz CT molecular complexity index is 2050. The molecule has 0 fully saturated rings. The minimum absolute atomic E-state index is 0.160. The maximum absolute atomic E-state index is 10.4. The number of aliphatic hydroxyl groups excluding tert-OH is 1. The van der Waals surface area contributed by atoms with Gasteiger partial charge in [0.05, 0.1) is 17.9 Å². The molecule has 0 spiro atoms. The number of fused-ring (bicyclic) bond motifs is 7. The van der Waals surface area contributed by atoms with E-state index in [4.69, 9.17) is 4.99 Å². The number of phenols is 1. The van der Waals surface area contributed by atoms with Crippen molar-refractivity contribution in [1.82, 2.24) is 15.0 Å². The molecule has 7 rings (SSSR count). The Morgan fingerprint density at radius 3 is 2.50 bits per heavy atom. The fourth-order valence-corrected chi connectivity index (χ4v) is 6.41. The Morgan fingerprint density at radius 1 is 0.825 bits per heavy atom. The summed E-state index contributed by atoms with van der Waals surface area (Å²) in [6, 6.07) is 17.4. The Balaban J connectivity index is 1.50. The number of halogens is 2. The van der Waals surface area contributed by atoms with Gasteiger partial charge in [0, 0.05) is 64.9 Å². The van der Waals surface area contributed by atoms with Crippen LogP contribution in [0.25, 0.3) is 23.3 Å². The number of aliphatic imine (C=N–C) groups is 1. The third-order valence-corrected chi connectivity index (χ3v) is 8.71. The van der Waals surface area contributed by atoms with E-state index in [1.54, 1.807) is 18.2 Å². The number of hydrogen-bond donors (Lipinski definition) is 5. The van der Waals surface area contributed by atoms with Gasteiger partial charge in [-0.3, -0.25) is 4.99 Å². The molecule has 8 heteroatoms. The van der Waals surface area contributed by atoms with Crippen LogP contribution >= 0.6 is 31.9 Å². The third kappa shape index (κ3) is 4.62. The van der Waals surface area contributed by atoms with E-state index in [1.165, 1.54) is 0 Å². The molecule has 2 unspecified atom stereocenters. The van der Waals surface area contributed by atoms with E-state index in [0.29, 0.717) is 6.42 Å². The SMILES string of the molecule is Oc1ccc(Br)c(/C2=c3\cc/c([nH]3)=C/c3ccc([nH]3)C(C3=C(Br)C=CC(O)C3)=c3cc/c([nH]3)=C/C3C=CC2=N3)c1. The van der Waals surface area contributed by atoms with E-state index in [-0.39, 0.29) is 11.8 Å². The molecule has 2 aliphatic heterocycles. The Morgan fingerprint density at radius 2 is 1.62 bits per heavy atom. The maximum Gasteiger partial charge on any atom is 0.116 e. The van der Waals surface area contributed by atoms with Crippen LogP contribution in [0.5, 0.6) is 5.75 Å². The number of aromatic amines is 3. The molecule has 5 N–H and O–H groups in total. The normalized spacial score (nSPS) is 23.1. The number of nitrogens with one attached hydrogen (secondary N) is 3. The van der Waals surface area contributed by atoms with Gasteiger partial charge in [0.1, 0.15) is 5.75 Å². The smallest absolute Gasteiger partial charge is 0.116 e. The highest BCUT2D eigenvalue weighted by molar-refractivity contribution is 9.12. The van der Waals surface area contributed by atoms with Crippen LogP contribution in [0.1, 0.15) is 23.4 Å². The first-order valence-corrected chi connectivity index (χ1v) is 14.5. The largest absolute Gasteiger partial charge is 0.508 e. The van der Waals surface area contributed by atoms with Crippen molar-refractivity contribution in [3.8, 4) is 5.75 Å². The average Bonchev–Trinajstić information content (AvgIpc) is 3.74. The fourth-order valence-electron chi connectivity index (χ4n) is 5.46. The summed E-state index contributed by atoms with van der Waals surface area (Å²) >= 11 is 7.40. The van der Waals surface area contributed by atoms with Gasteiger partial charge in [0.2, 0.25) is 0 Å². The summed E-state index contributed by atoms with van der Waals surface area (Å²) in [6.45, 7) is 0. The van der Waals surface area contributed by atoms with Gasteiger partial charge < -0.3 is 25.2 Å². The van der Waals surface area contributed by atoms with Gasteiger partial charge in [0.15, 0.2) is 0 Å². The van der Waals surface area contributed by atoms with Gasteiger partial charge in [-0.25, -0.2) is 0 Å². The molecular weight excluding hydrogens is 632 g/mol. The predicted octanol–water partition coefficient (Wildman–Crippen LogP) is 3.51. The van der Waals surface area contributed by atoms with Crippen LogP contribution < -0.4 is 21.4 Å². The van der Waals surface area contributed by atoms with Crippen molar-refractivity contribution in [1.29, 1.82) is 0 Å². The Labute approximate surface area is 246 Å². The van der Waals surface area contributed by atoms with Crippen LogP contribution in [0.4, 0.5) is 0 Å². The number of rotatable bonds is 2. The lowest BCUT2D eigenvalue weighted by Gasteiger charge is -2.18. The molecular formula is C32H24Br2N4O2. The van der Waals surface area contributed by atoms with Gasteiger partial charge in [-0.2, -0.15) is 0 Å². The molecule has 4 aromatic rings.